The number of amides is 1. The van der Waals surface area contributed by atoms with E-state index < -0.39 is 29.5 Å². The van der Waals surface area contributed by atoms with Crippen LogP contribution in [0.4, 0.5) is 13.2 Å². The number of carbonyl (C=O) groups is 2. The molecule has 0 aliphatic carbocycles. The Labute approximate surface area is 126 Å². The molecule has 0 aliphatic heterocycles. The summed E-state index contributed by atoms with van der Waals surface area (Å²) < 4.78 is 37.3. The minimum Gasteiger partial charge on any atom is -0.481 e. The summed E-state index contributed by atoms with van der Waals surface area (Å²) in [7, 11) is 0. The Hall–Kier alpha value is -2.05. The first-order chi connectivity index (χ1) is 10.1. The number of benzene rings is 1. The van der Waals surface area contributed by atoms with E-state index in [1.807, 2.05) is 0 Å². The van der Waals surface area contributed by atoms with Crippen LogP contribution in [0.5, 0.6) is 0 Å². The van der Waals surface area contributed by atoms with Crippen molar-refractivity contribution in [2.24, 2.45) is 11.8 Å². The van der Waals surface area contributed by atoms with Crippen LogP contribution in [0.15, 0.2) is 24.3 Å². The summed E-state index contributed by atoms with van der Waals surface area (Å²) >= 11 is 0. The SMILES string of the molecule is CC(CNC(=O)C(C)Cc1ccc(C(F)(F)F)cc1)C(=O)O. The molecule has 0 saturated heterocycles. The number of alkyl halides is 3. The molecule has 2 unspecified atom stereocenters. The van der Waals surface area contributed by atoms with Crippen molar-refractivity contribution in [1.29, 1.82) is 0 Å². The molecular weight excluding hydrogens is 299 g/mol. The van der Waals surface area contributed by atoms with E-state index in [2.05, 4.69) is 5.32 Å². The van der Waals surface area contributed by atoms with Crippen molar-refractivity contribution in [2.75, 3.05) is 6.54 Å². The third kappa shape index (κ3) is 5.38. The molecule has 1 aromatic carbocycles. The summed E-state index contributed by atoms with van der Waals surface area (Å²) in [6, 6.07) is 4.64. The molecular formula is C15H18F3NO3. The van der Waals surface area contributed by atoms with Crippen LogP contribution in [0.2, 0.25) is 0 Å². The fraction of sp³-hybridized carbons (Fsp3) is 0.467. The second-order valence-electron chi connectivity index (χ2n) is 5.28. The molecule has 2 atom stereocenters. The number of nitrogens with one attached hydrogen (secondary N) is 1. The lowest BCUT2D eigenvalue weighted by Gasteiger charge is -2.14. The summed E-state index contributed by atoms with van der Waals surface area (Å²) in [5.41, 5.74) is -0.120. The molecule has 1 amide bonds. The Morgan fingerprint density at radius 3 is 2.14 bits per heavy atom. The average molecular weight is 317 g/mol. The van der Waals surface area contributed by atoms with Crippen molar-refractivity contribution in [3.63, 3.8) is 0 Å². The normalized spacial score (nSPS) is 14.2. The van der Waals surface area contributed by atoms with Crippen molar-refractivity contribution >= 4 is 11.9 Å². The highest BCUT2D eigenvalue weighted by atomic mass is 19.4. The number of halogens is 3. The highest BCUT2D eigenvalue weighted by Gasteiger charge is 2.30. The Kier molecular flexibility index (Phi) is 5.96. The van der Waals surface area contributed by atoms with Crippen LogP contribution < -0.4 is 5.32 Å². The van der Waals surface area contributed by atoms with Crippen LogP contribution in [0, 0.1) is 11.8 Å². The minimum absolute atomic E-state index is 0.0194. The molecule has 2 N–H and O–H groups in total. The van der Waals surface area contributed by atoms with Gasteiger partial charge in [-0.3, -0.25) is 9.59 Å². The monoisotopic (exact) mass is 317 g/mol. The molecule has 0 radical (unpaired) electrons. The lowest BCUT2D eigenvalue weighted by atomic mass is 9.99. The molecule has 7 heteroatoms. The smallest absolute Gasteiger partial charge is 0.416 e. The highest BCUT2D eigenvalue weighted by molar-refractivity contribution is 5.79. The van der Waals surface area contributed by atoms with Gasteiger partial charge in [0.05, 0.1) is 11.5 Å². The van der Waals surface area contributed by atoms with Crippen LogP contribution in [-0.2, 0) is 22.2 Å². The van der Waals surface area contributed by atoms with Gasteiger partial charge in [0.15, 0.2) is 0 Å². The van der Waals surface area contributed by atoms with Gasteiger partial charge in [-0.2, -0.15) is 13.2 Å². The van der Waals surface area contributed by atoms with Crippen molar-refractivity contribution < 1.29 is 27.9 Å². The maximum absolute atomic E-state index is 12.4. The Balaban J connectivity index is 2.55. The van der Waals surface area contributed by atoms with Gasteiger partial charge in [-0.1, -0.05) is 26.0 Å². The number of aliphatic carboxylic acids is 1. The van der Waals surface area contributed by atoms with Crippen molar-refractivity contribution in [2.45, 2.75) is 26.4 Å². The summed E-state index contributed by atoms with van der Waals surface area (Å²) in [6.45, 7) is 3.13. The topological polar surface area (TPSA) is 66.4 Å². The zero-order valence-electron chi connectivity index (χ0n) is 12.3. The van der Waals surface area contributed by atoms with E-state index in [1.165, 1.54) is 19.1 Å². The van der Waals surface area contributed by atoms with Crippen LogP contribution in [0.3, 0.4) is 0 Å². The predicted octanol–water partition coefficient (Wildman–Crippen LogP) is 2.72. The molecule has 0 aliphatic rings. The van der Waals surface area contributed by atoms with E-state index in [0.717, 1.165) is 12.1 Å². The van der Waals surface area contributed by atoms with Gasteiger partial charge in [0, 0.05) is 12.5 Å². The van der Waals surface area contributed by atoms with Crippen molar-refractivity contribution in [3.05, 3.63) is 35.4 Å². The quantitative estimate of drug-likeness (QED) is 0.848. The van der Waals surface area contributed by atoms with Crippen LogP contribution in [-0.4, -0.2) is 23.5 Å². The largest absolute Gasteiger partial charge is 0.481 e. The molecule has 0 spiro atoms. The summed E-state index contributed by atoms with van der Waals surface area (Å²) in [6.07, 6.45) is -4.10. The Morgan fingerprint density at radius 1 is 1.14 bits per heavy atom. The zero-order valence-corrected chi connectivity index (χ0v) is 12.3. The second kappa shape index (κ2) is 7.29. The summed E-state index contributed by atoms with van der Waals surface area (Å²) in [4.78, 5) is 22.5. The summed E-state index contributed by atoms with van der Waals surface area (Å²) in [5.74, 6) is -2.48. The van der Waals surface area contributed by atoms with Crippen molar-refractivity contribution in [3.8, 4) is 0 Å². The Bertz CT molecular complexity index is 526. The van der Waals surface area contributed by atoms with E-state index >= 15 is 0 Å². The minimum atomic E-state index is -4.38. The molecule has 0 heterocycles. The van der Waals surface area contributed by atoms with Gasteiger partial charge in [-0.25, -0.2) is 0 Å². The number of carboxylic acid groups (broad SMARTS) is 1. The molecule has 22 heavy (non-hydrogen) atoms. The van der Waals surface area contributed by atoms with Crippen molar-refractivity contribution in [1.82, 2.24) is 5.32 Å². The summed E-state index contributed by atoms with van der Waals surface area (Å²) in [5, 5.41) is 11.2. The fourth-order valence-electron chi connectivity index (χ4n) is 1.79. The Morgan fingerprint density at radius 2 is 1.68 bits per heavy atom. The third-order valence-electron chi connectivity index (χ3n) is 3.27. The van der Waals surface area contributed by atoms with E-state index in [-0.39, 0.29) is 18.9 Å². The van der Waals surface area contributed by atoms with Gasteiger partial charge in [0.1, 0.15) is 0 Å². The number of rotatable bonds is 6. The lowest BCUT2D eigenvalue weighted by Crippen LogP contribution is -2.35. The van der Waals surface area contributed by atoms with Gasteiger partial charge in [0.25, 0.3) is 0 Å². The highest BCUT2D eigenvalue weighted by Crippen LogP contribution is 2.29. The first kappa shape index (κ1) is 18.0. The van der Waals surface area contributed by atoms with E-state index in [9.17, 15) is 22.8 Å². The maximum Gasteiger partial charge on any atom is 0.416 e. The van der Waals surface area contributed by atoms with Gasteiger partial charge >= 0.3 is 12.1 Å². The van der Waals surface area contributed by atoms with Gasteiger partial charge in [-0.05, 0) is 24.1 Å². The van der Waals surface area contributed by atoms with E-state index in [0.29, 0.717) is 5.56 Å². The zero-order chi connectivity index (χ0) is 16.9. The lowest BCUT2D eigenvalue weighted by molar-refractivity contribution is -0.141. The number of hydrogen-bond donors (Lipinski definition) is 2. The number of carboxylic acids is 1. The average Bonchev–Trinajstić information content (AvgIpc) is 2.43. The van der Waals surface area contributed by atoms with Crippen LogP contribution >= 0.6 is 0 Å². The molecule has 122 valence electrons. The van der Waals surface area contributed by atoms with Gasteiger partial charge in [0.2, 0.25) is 5.91 Å². The first-order valence-electron chi connectivity index (χ1n) is 6.78. The molecule has 0 fully saturated rings. The maximum atomic E-state index is 12.4. The standard InChI is InChI=1S/C15H18F3NO3/c1-9(13(20)19-8-10(2)14(21)22)7-11-3-5-12(6-4-11)15(16,17)18/h3-6,9-10H,7-8H2,1-2H3,(H,19,20)(H,21,22). The van der Waals surface area contributed by atoms with Crippen LogP contribution in [0.1, 0.15) is 25.0 Å². The molecule has 0 saturated carbocycles. The van der Waals surface area contributed by atoms with Crippen LogP contribution in [0.25, 0.3) is 0 Å². The number of hydrogen-bond acceptors (Lipinski definition) is 2. The number of carbonyl (C=O) groups excluding carboxylic acids is 1. The predicted molar refractivity (Wildman–Crippen MR) is 74.1 cm³/mol. The third-order valence-corrected chi connectivity index (χ3v) is 3.27. The molecule has 1 aromatic rings. The van der Waals surface area contributed by atoms with Gasteiger partial charge in [-0.15, -0.1) is 0 Å². The first-order valence-corrected chi connectivity index (χ1v) is 6.78. The second-order valence-corrected chi connectivity index (χ2v) is 5.28. The van der Waals surface area contributed by atoms with E-state index in [4.69, 9.17) is 5.11 Å². The van der Waals surface area contributed by atoms with Gasteiger partial charge < -0.3 is 10.4 Å². The fourth-order valence-corrected chi connectivity index (χ4v) is 1.79. The molecule has 4 nitrogen and oxygen atoms in total. The van der Waals surface area contributed by atoms with E-state index in [1.54, 1.807) is 6.92 Å². The molecule has 1 rings (SSSR count). The molecule has 0 aromatic heterocycles. The molecule has 0 bridgehead atoms.